The summed E-state index contributed by atoms with van der Waals surface area (Å²) in [5, 5.41) is 5.56. The topological polar surface area (TPSA) is 78.5 Å². The third kappa shape index (κ3) is 4.28. The summed E-state index contributed by atoms with van der Waals surface area (Å²) in [5.74, 6) is -0.103. The highest BCUT2D eigenvalue weighted by atomic mass is 35.5. The summed E-state index contributed by atoms with van der Waals surface area (Å²) in [7, 11) is -1.82. The lowest BCUT2D eigenvalue weighted by molar-refractivity contribution is -0.131. The van der Waals surface area contributed by atoms with Crippen LogP contribution in [0.1, 0.15) is 32.1 Å². The number of halogens is 1. The standard InChI is InChI=1S/C21H26ClN3O3S/c1-23-17-5-7-18(8-6-17)25-11-10-20(21(25)26)24-29(27,28)19-9-3-14-12-16(22)4-2-15(14)13-19/h2-4,9,12-13,17-18,20,23-24H,5-8,10-11H2,1H3/t17-,18-,20-/m0/s1. The SMILES string of the molecule is CN[C@H]1CC[C@H](N2CC[C@H](NS(=O)(=O)c3ccc4cc(Cl)ccc4c3)C2=O)CC1. The molecule has 2 N–H and O–H groups in total. The first-order valence-corrected chi connectivity index (χ1v) is 11.9. The van der Waals surface area contributed by atoms with Crippen LogP contribution in [0.15, 0.2) is 41.3 Å². The van der Waals surface area contributed by atoms with Crippen molar-refractivity contribution in [3.63, 3.8) is 0 Å². The van der Waals surface area contributed by atoms with Gasteiger partial charge in [-0.3, -0.25) is 4.79 Å². The molecule has 1 aliphatic heterocycles. The van der Waals surface area contributed by atoms with Crippen molar-refractivity contribution < 1.29 is 13.2 Å². The van der Waals surface area contributed by atoms with Crippen LogP contribution >= 0.6 is 11.6 Å². The zero-order valence-electron chi connectivity index (χ0n) is 16.4. The van der Waals surface area contributed by atoms with Crippen molar-refractivity contribution in [1.29, 1.82) is 0 Å². The van der Waals surface area contributed by atoms with Crippen molar-refractivity contribution in [3.8, 4) is 0 Å². The Labute approximate surface area is 176 Å². The molecule has 1 saturated carbocycles. The second-order valence-corrected chi connectivity index (χ2v) is 10.1. The molecule has 4 rings (SSSR count). The van der Waals surface area contributed by atoms with E-state index in [2.05, 4.69) is 10.0 Å². The van der Waals surface area contributed by atoms with Gasteiger partial charge in [0.25, 0.3) is 0 Å². The quantitative estimate of drug-likeness (QED) is 0.756. The van der Waals surface area contributed by atoms with Gasteiger partial charge in [-0.25, -0.2) is 8.42 Å². The van der Waals surface area contributed by atoms with Gasteiger partial charge in [-0.05, 0) is 74.2 Å². The lowest BCUT2D eigenvalue weighted by Gasteiger charge is -2.34. The summed E-state index contributed by atoms with van der Waals surface area (Å²) in [5.41, 5.74) is 0. The monoisotopic (exact) mass is 435 g/mol. The molecule has 2 aliphatic rings. The number of carbonyl (C=O) groups excluding carboxylic acids is 1. The van der Waals surface area contributed by atoms with Crippen LogP contribution in [-0.4, -0.2) is 50.9 Å². The van der Waals surface area contributed by atoms with Crippen LogP contribution < -0.4 is 10.0 Å². The van der Waals surface area contributed by atoms with Gasteiger partial charge in [-0.2, -0.15) is 4.72 Å². The third-order valence-electron chi connectivity index (χ3n) is 6.17. The lowest BCUT2D eigenvalue weighted by Crippen LogP contribution is -2.46. The van der Waals surface area contributed by atoms with Crippen LogP contribution in [0.2, 0.25) is 5.02 Å². The van der Waals surface area contributed by atoms with E-state index in [-0.39, 0.29) is 16.8 Å². The number of carbonyl (C=O) groups is 1. The van der Waals surface area contributed by atoms with E-state index in [0.717, 1.165) is 36.5 Å². The summed E-state index contributed by atoms with van der Waals surface area (Å²) in [4.78, 5) is 14.9. The summed E-state index contributed by atoms with van der Waals surface area (Å²) < 4.78 is 28.4. The Morgan fingerprint density at radius 1 is 1.00 bits per heavy atom. The van der Waals surface area contributed by atoms with Crippen LogP contribution in [0.3, 0.4) is 0 Å². The summed E-state index contributed by atoms with van der Waals surface area (Å²) in [6.07, 6.45) is 4.52. The smallest absolute Gasteiger partial charge is 0.241 e. The third-order valence-corrected chi connectivity index (χ3v) is 7.87. The van der Waals surface area contributed by atoms with Crippen LogP contribution in [-0.2, 0) is 14.8 Å². The maximum Gasteiger partial charge on any atom is 0.241 e. The second kappa shape index (κ2) is 8.22. The van der Waals surface area contributed by atoms with Crippen molar-refractivity contribution >= 4 is 38.3 Å². The summed E-state index contributed by atoms with van der Waals surface area (Å²) in [6.45, 7) is 0.608. The fourth-order valence-electron chi connectivity index (χ4n) is 4.47. The average Bonchev–Trinajstić information content (AvgIpc) is 3.07. The normalized spacial score (nSPS) is 25.7. The predicted octanol–water partition coefficient (Wildman–Crippen LogP) is 2.90. The van der Waals surface area contributed by atoms with Gasteiger partial charge in [0.15, 0.2) is 0 Å². The fourth-order valence-corrected chi connectivity index (χ4v) is 5.91. The van der Waals surface area contributed by atoms with Crippen molar-refractivity contribution in [2.75, 3.05) is 13.6 Å². The molecule has 2 aromatic carbocycles. The first-order chi connectivity index (χ1) is 13.9. The van der Waals surface area contributed by atoms with Crippen LogP contribution in [0.5, 0.6) is 0 Å². The molecule has 0 bridgehead atoms. The van der Waals surface area contributed by atoms with E-state index in [4.69, 9.17) is 11.6 Å². The molecule has 0 aromatic heterocycles. The molecule has 2 fully saturated rings. The van der Waals surface area contributed by atoms with Gasteiger partial charge in [-0.15, -0.1) is 0 Å². The molecule has 1 amide bonds. The first kappa shape index (κ1) is 20.6. The molecule has 0 radical (unpaired) electrons. The molecule has 29 heavy (non-hydrogen) atoms. The minimum absolute atomic E-state index is 0.103. The van der Waals surface area contributed by atoms with Gasteiger partial charge < -0.3 is 10.2 Å². The van der Waals surface area contributed by atoms with Gasteiger partial charge in [0.05, 0.1) is 4.90 Å². The molecule has 1 saturated heterocycles. The van der Waals surface area contributed by atoms with E-state index >= 15 is 0 Å². The van der Waals surface area contributed by atoms with Crippen LogP contribution in [0, 0.1) is 0 Å². The first-order valence-electron chi connectivity index (χ1n) is 10.1. The lowest BCUT2D eigenvalue weighted by atomic mass is 9.90. The van der Waals surface area contributed by atoms with E-state index in [1.807, 2.05) is 11.9 Å². The molecule has 1 aliphatic carbocycles. The van der Waals surface area contributed by atoms with Gasteiger partial charge in [0.1, 0.15) is 6.04 Å². The van der Waals surface area contributed by atoms with Crippen molar-refractivity contribution in [2.45, 2.75) is 55.1 Å². The highest BCUT2D eigenvalue weighted by molar-refractivity contribution is 7.89. The minimum Gasteiger partial charge on any atom is -0.338 e. The zero-order chi connectivity index (χ0) is 20.6. The summed E-state index contributed by atoms with van der Waals surface area (Å²) in [6, 6.07) is 10.3. The van der Waals surface area contributed by atoms with Crippen molar-refractivity contribution in [1.82, 2.24) is 14.9 Å². The Kier molecular flexibility index (Phi) is 5.84. The highest BCUT2D eigenvalue weighted by Gasteiger charge is 2.39. The maximum absolute atomic E-state index is 12.9. The van der Waals surface area contributed by atoms with E-state index in [1.165, 1.54) is 0 Å². The molecule has 1 atom stereocenters. The van der Waals surface area contributed by atoms with Gasteiger partial charge in [-0.1, -0.05) is 23.7 Å². The number of rotatable bonds is 5. The van der Waals surface area contributed by atoms with E-state index < -0.39 is 16.1 Å². The Hall–Kier alpha value is -1.67. The number of benzene rings is 2. The molecule has 156 valence electrons. The molecular weight excluding hydrogens is 410 g/mol. The van der Waals surface area contributed by atoms with Gasteiger partial charge in [0.2, 0.25) is 15.9 Å². The predicted molar refractivity (Wildman–Crippen MR) is 115 cm³/mol. The number of sulfonamides is 1. The Balaban J connectivity index is 1.46. The summed E-state index contributed by atoms with van der Waals surface area (Å²) >= 11 is 6.00. The van der Waals surface area contributed by atoms with E-state index in [0.29, 0.717) is 24.0 Å². The number of amides is 1. The number of hydrogen-bond donors (Lipinski definition) is 2. The maximum atomic E-state index is 12.9. The highest BCUT2D eigenvalue weighted by Crippen LogP contribution is 2.28. The number of fused-ring (bicyclic) bond motifs is 1. The van der Waals surface area contributed by atoms with Crippen LogP contribution in [0.25, 0.3) is 10.8 Å². The molecule has 6 nitrogen and oxygen atoms in total. The minimum atomic E-state index is -3.79. The second-order valence-electron chi connectivity index (χ2n) is 7.94. The van der Waals surface area contributed by atoms with Crippen LogP contribution in [0.4, 0.5) is 0 Å². The Morgan fingerprint density at radius 2 is 1.69 bits per heavy atom. The Morgan fingerprint density at radius 3 is 2.41 bits per heavy atom. The van der Waals surface area contributed by atoms with E-state index in [1.54, 1.807) is 36.4 Å². The zero-order valence-corrected chi connectivity index (χ0v) is 18.0. The van der Waals surface area contributed by atoms with Crippen molar-refractivity contribution in [3.05, 3.63) is 41.4 Å². The van der Waals surface area contributed by atoms with Crippen molar-refractivity contribution in [2.24, 2.45) is 0 Å². The molecule has 2 aromatic rings. The number of nitrogens with zero attached hydrogens (tertiary/aromatic N) is 1. The number of likely N-dealkylation sites (tertiary alicyclic amines) is 1. The van der Waals surface area contributed by atoms with E-state index in [9.17, 15) is 13.2 Å². The Bertz CT molecular complexity index is 1020. The van der Waals surface area contributed by atoms with Gasteiger partial charge >= 0.3 is 0 Å². The largest absolute Gasteiger partial charge is 0.338 e. The molecule has 1 heterocycles. The van der Waals surface area contributed by atoms with Gasteiger partial charge in [0, 0.05) is 23.7 Å². The number of nitrogens with one attached hydrogen (secondary N) is 2. The molecule has 8 heteroatoms. The molecule has 0 spiro atoms. The molecule has 0 unspecified atom stereocenters. The average molecular weight is 436 g/mol. The number of hydrogen-bond acceptors (Lipinski definition) is 4. The molecular formula is C21H26ClN3O3S. The fraction of sp³-hybridized carbons (Fsp3) is 0.476.